The van der Waals surface area contributed by atoms with Crippen molar-refractivity contribution in [2.75, 3.05) is 7.11 Å². The van der Waals surface area contributed by atoms with Crippen LogP contribution in [0.2, 0.25) is 0 Å². The fraction of sp³-hybridized carbons (Fsp3) is 0.409. The van der Waals surface area contributed by atoms with E-state index in [9.17, 15) is 4.79 Å². The van der Waals surface area contributed by atoms with Crippen molar-refractivity contribution >= 4 is 5.91 Å². The fourth-order valence-electron chi connectivity index (χ4n) is 3.87. The van der Waals surface area contributed by atoms with Crippen molar-refractivity contribution in [2.45, 2.75) is 51.0 Å². The van der Waals surface area contributed by atoms with Gasteiger partial charge in [0.1, 0.15) is 5.75 Å². The summed E-state index contributed by atoms with van der Waals surface area (Å²) in [5.74, 6) is 0.956. The van der Waals surface area contributed by atoms with Crippen molar-refractivity contribution in [1.29, 1.82) is 0 Å². The molecule has 132 valence electrons. The number of carbonyl (C=O) groups is 1. The number of hydrogen-bond donors (Lipinski definition) is 1. The van der Waals surface area contributed by atoms with Crippen LogP contribution in [0.1, 0.15) is 48.8 Å². The van der Waals surface area contributed by atoms with Gasteiger partial charge in [-0.2, -0.15) is 0 Å². The van der Waals surface area contributed by atoms with Crippen LogP contribution in [0.25, 0.3) is 0 Å². The summed E-state index contributed by atoms with van der Waals surface area (Å²) in [6, 6.07) is 16.3. The highest BCUT2D eigenvalue weighted by atomic mass is 16.5. The number of methoxy groups -OCH3 is 1. The second kappa shape index (κ2) is 7.73. The Morgan fingerprint density at radius 1 is 1.04 bits per heavy atom. The number of nitrogens with one attached hydrogen (secondary N) is 1. The van der Waals surface area contributed by atoms with Gasteiger partial charge >= 0.3 is 0 Å². The summed E-state index contributed by atoms with van der Waals surface area (Å²) in [5, 5.41) is 3.18. The van der Waals surface area contributed by atoms with Crippen molar-refractivity contribution < 1.29 is 9.53 Å². The molecule has 25 heavy (non-hydrogen) atoms. The summed E-state index contributed by atoms with van der Waals surface area (Å²) < 4.78 is 5.39. The normalized spacial score (nSPS) is 16.2. The minimum atomic E-state index is -0.395. The zero-order valence-electron chi connectivity index (χ0n) is 15.2. The highest BCUT2D eigenvalue weighted by Gasteiger charge is 2.40. The van der Waals surface area contributed by atoms with E-state index in [4.69, 9.17) is 4.74 Å². The molecule has 2 aromatic rings. The van der Waals surface area contributed by atoms with Crippen LogP contribution >= 0.6 is 0 Å². The number of ether oxygens (including phenoxy) is 1. The third-order valence-corrected chi connectivity index (χ3v) is 5.38. The van der Waals surface area contributed by atoms with E-state index in [1.807, 2.05) is 24.3 Å². The third kappa shape index (κ3) is 3.71. The first-order valence-electron chi connectivity index (χ1n) is 9.13. The maximum Gasteiger partial charge on any atom is 0.230 e. The second-order valence-electron chi connectivity index (χ2n) is 7.00. The number of benzene rings is 2. The molecule has 3 nitrogen and oxygen atoms in total. The molecule has 1 aliphatic rings. The molecule has 1 saturated carbocycles. The van der Waals surface area contributed by atoms with E-state index in [2.05, 4.69) is 36.5 Å². The van der Waals surface area contributed by atoms with Crippen LogP contribution in [0.3, 0.4) is 0 Å². The fourth-order valence-corrected chi connectivity index (χ4v) is 3.87. The maximum atomic E-state index is 13.2. The average molecular weight is 337 g/mol. The monoisotopic (exact) mass is 337 g/mol. The Kier molecular flexibility index (Phi) is 5.42. The summed E-state index contributed by atoms with van der Waals surface area (Å²) in [6.07, 6.45) is 5.28. The van der Waals surface area contributed by atoms with Gasteiger partial charge in [0.25, 0.3) is 0 Å². The summed E-state index contributed by atoms with van der Waals surface area (Å²) >= 11 is 0. The van der Waals surface area contributed by atoms with Gasteiger partial charge in [-0.3, -0.25) is 4.79 Å². The minimum absolute atomic E-state index is 0.141. The molecule has 1 amide bonds. The third-order valence-electron chi connectivity index (χ3n) is 5.38. The van der Waals surface area contributed by atoms with Crippen LogP contribution in [-0.2, 0) is 16.8 Å². The Hall–Kier alpha value is -2.29. The first-order valence-corrected chi connectivity index (χ1v) is 9.13. The van der Waals surface area contributed by atoms with Gasteiger partial charge in [-0.05, 0) is 31.4 Å². The molecular weight excluding hydrogens is 310 g/mol. The molecule has 3 heteroatoms. The van der Waals surface area contributed by atoms with Gasteiger partial charge in [0.05, 0.1) is 12.5 Å². The van der Waals surface area contributed by atoms with Gasteiger partial charge in [-0.15, -0.1) is 0 Å². The smallest absolute Gasteiger partial charge is 0.230 e. The van der Waals surface area contributed by atoms with Crippen molar-refractivity contribution in [3.05, 3.63) is 65.2 Å². The van der Waals surface area contributed by atoms with E-state index in [1.54, 1.807) is 7.11 Å². The highest BCUT2D eigenvalue weighted by molar-refractivity contribution is 5.88. The van der Waals surface area contributed by atoms with E-state index < -0.39 is 5.41 Å². The first kappa shape index (κ1) is 17.5. The molecule has 0 atom stereocenters. The molecule has 0 bridgehead atoms. The predicted octanol–water partition coefficient (Wildman–Crippen LogP) is 4.52. The van der Waals surface area contributed by atoms with E-state index in [1.165, 1.54) is 12.0 Å². The Balaban J connectivity index is 1.81. The van der Waals surface area contributed by atoms with Gasteiger partial charge in [0.2, 0.25) is 5.91 Å². The van der Waals surface area contributed by atoms with Gasteiger partial charge < -0.3 is 10.1 Å². The van der Waals surface area contributed by atoms with Crippen LogP contribution in [0.15, 0.2) is 48.5 Å². The molecular formula is C22H27NO2. The number of hydrogen-bond acceptors (Lipinski definition) is 2. The van der Waals surface area contributed by atoms with Gasteiger partial charge in [0, 0.05) is 12.1 Å². The molecule has 1 fully saturated rings. The van der Waals surface area contributed by atoms with Crippen molar-refractivity contribution in [2.24, 2.45) is 0 Å². The van der Waals surface area contributed by atoms with E-state index in [0.717, 1.165) is 42.6 Å². The summed E-state index contributed by atoms with van der Waals surface area (Å²) in [7, 11) is 1.66. The Morgan fingerprint density at radius 3 is 2.40 bits per heavy atom. The standard InChI is InChI=1S/C22H27NO2/c1-17-10-12-19(13-11-17)22(14-6-3-7-15-22)21(24)23-16-18-8-4-5-9-20(18)25-2/h4-5,8-13H,3,6-7,14-16H2,1-2H3,(H,23,24). The predicted molar refractivity (Wildman–Crippen MR) is 101 cm³/mol. The molecule has 0 radical (unpaired) electrons. The molecule has 0 spiro atoms. The van der Waals surface area contributed by atoms with Gasteiger partial charge in [-0.1, -0.05) is 67.3 Å². The highest BCUT2D eigenvalue weighted by Crippen LogP contribution is 2.40. The van der Waals surface area contributed by atoms with E-state index in [-0.39, 0.29) is 5.91 Å². The maximum absolute atomic E-state index is 13.2. The molecule has 0 heterocycles. The summed E-state index contributed by atoms with van der Waals surface area (Å²) in [6.45, 7) is 2.58. The topological polar surface area (TPSA) is 38.3 Å². The zero-order chi connectivity index (χ0) is 17.7. The van der Waals surface area contributed by atoms with Crippen molar-refractivity contribution in [3.63, 3.8) is 0 Å². The quantitative estimate of drug-likeness (QED) is 0.871. The lowest BCUT2D eigenvalue weighted by atomic mass is 9.68. The first-order chi connectivity index (χ1) is 12.2. The van der Waals surface area contributed by atoms with Crippen LogP contribution in [0.5, 0.6) is 5.75 Å². The molecule has 2 aromatic carbocycles. The average Bonchev–Trinajstić information content (AvgIpc) is 2.67. The number of amides is 1. The summed E-state index contributed by atoms with van der Waals surface area (Å²) in [5.41, 5.74) is 2.99. The molecule has 0 aromatic heterocycles. The van der Waals surface area contributed by atoms with E-state index >= 15 is 0 Å². The van der Waals surface area contributed by atoms with E-state index in [0.29, 0.717) is 6.54 Å². The number of aryl methyl sites for hydroxylation is 1. The van der Waals surface area contributed by atoms with Crippen LogP contribution in [0, 0.1) is 6.92 Å². The van der Waals surface area contributed by atoms with Gasteiger partial charge in [-0.25, -0.2) is 0 Å². The van der Waals surface area contributed by atoms with Gasteiger partial charge in [0.15, 0.2) is 0 Å². The zero-order valence-corrected chi connectivity index (χ0v) is 15.2. The number of carbonyl (C=O) groups excluding carboxylic acids is 1. The lowest BCUT2D eigenvalue weighted by molar-refractivity contribution is -0.128. The molecule has 1 N–H and O–H groups in total. The van der Waals surface area contributed by atoms with Crippen molar-refractivity contribution in [3.8, 4) is 5.75 Å². The molecule has 0 saturated heterocycles. The molecule has 0 aliphatic heterocycles. The van der Waals surface area contributed by atoms with Crippen molar-refractivity contribution in [1.82, 2.24) is 5.32 Å². The Labute approximate surface area is 150 Å². The Morgan fingerprint density at radius 2 is 1.72 bits per heavy atom. The summed E-state index contributed by atoms with van der Waals surface area (Å²) in [4.78, 5) is 13.2. The Bertz CT molecular complexity index is 715. The number of para-hydroxylation sites is 1. The van der Waals surface area contributed by atoms with Crippen LogP contribution < -0.4 is 10.1 Å². The lowest BCUT2D eigenvalue weighted by Gasteiger charge is -2.36. The largest absolute Gasteiger partial charge is 0.496 e. The molecule has 3 rings (SSSR count). The molecule has 1 aliphatic carbocycles. The van der Waals surface area contributed by atoms with Crippen LogP contribution in [-0.4, -0.2) is 13.0 Å². The second-order valence-corrected chi connectivity index (χ2v) is 7.00. The molecule has 0 unspecified atom stereocenters. The SMILES string of the molecule is COc1ccccc1CNC(=O)C1(c2ccc(C)cc2)CCCCC1. The minimum Gasteiger partial charge on any atom is -0.496 e. The van der Waals surface area contributed by atoms with Crippen LogP contribution in [0.4, 0.5) is 0 Å². The lowest BCUT2D eigenvalue weighted by Crippen LogP contribution is -2.45. The number of rotatable bonds is 5.